The minimum Gasteiger partial charge on any atom is -0.341 e. The summed E-state index contributed by atoms with van der Waals surface area (Å²) >= 11 is 0. The Hall–Kier alpha value is -3.01. The van der Waals surface area contributed by atoms with Crippen molar-refractivity contribution in [2.45, 2.75) is 6.18 Å². The molecule has 0 spiro atoms. The first-order valence-electron chi connectivity index (χ1n) is 6.09. The zero-order valence-electron chi connectivity index (χ0n) is 11.4. The van der Waals surface area contributed by atoms with Gasteiger partial charge in [0, 0.05) is 11.9 Å². The van der Waals surface area contributed by atoms with Crippen LogP contribution in [0.15, 0.2) is 61.4 Å². The third-order valence-corrected chi connectivity index (χ3v) is 2.82. The van der Waals surface area contributed by atoms with E-state index in [1.54, 1.807) is 29.3 Å². The van der Waals surface area contributed by atoms with Crippen LogP contribution in [-0.4, -0.2) is 9.88 Å². The number of rotatable bonds is 3. The number of nitriles is 1. The lowest BCUT2D eigenvalue weighted by atomic mass is 10.2. The third kappa shape index (κ3) is 3.17. The van der Waals surface area contributed by atoms with Gasteiger partial charge in [-0.2, -0.15) is 18.4 Å². The van der Waals surface area contributed by atoms with Crippen LogP contribution in [0.25, 0.3) is 0 Å². The Balaban J connectivity index is 2.26. The van der Waals surface area contributed by atoms with Gasteiger partial charge in [0.05, 0.1) is 17.4 Å². The van der Waals surface area contributed by atoms with Crippen LogP contribution in [0.5, 0.6) is 0 Å². The van der Waals surface area contributed by atoms with Gasteiger partial charge < -0.3 is 10.2 Å². The second-order valence-corrected chi connectivity index (χ2v) is 4.36. The van der Waals surface area contributed by atoms with E-state index in [2.05, 4.69) is 23.5 Å². The van der Waals surface area contributed by atoms with E-state index in [9.17, 15) is 13.2 Å². The van der Waals surface area contributed by atoms with Crippen LogP contribution in [0.3, 0.4) is 0 Å². The van der Waals surface area contributed by atoms with Crippen molar-refractivity contribution in [1.29, 1.82) is 5.26 Å². The molecule has 0 saturated carbocycles. The molecule has 0 amide bonds. The average Bonchev–Trinajstić information content (AvgIpc) is 2.46. The molecule has 0 unspecified atom stereocenters. The highest BCUT2D eigenvalue weighted by atomic mass is 19.4. The van der Waals surface area contributed by atoms with Gasteiger partial charge in [0.1, 0.15) is 11.9 Å². The quantitative estimate of drug-likeness (QED) is 0.924. The molecule has 0 aromatic carbocycles. The Morgan fingerprint density at radius 1 is 1.36 bits per heavy atom. The predicted molar refractivity (Wildman–Crippen MR) is 76.0 cm³/mol. The predicted octanol–water partition coefficient (Wildman–Crippen LogP) is 3.75. The second-order valence-electron chi connectivity index (χ2n) is 4.36. The highest BCUT2D eigenvalue weighted by Gasteiger charge is 2.34. The summed E-state index contributed by atoms with van der Waals surface area (Å²) in [6.45, 7) is 7.54. The van der Waals surface area contributed by atoms with Crippen molar-refractivity contribution in [2.24, 2.45) is 0 Å². The minimum atomic E-state index is -4.66. The van der Waals surface area contributed by atoms with Gasteiger partial charge in [-0.1, -0.05) is 19.2 Å². The highest BCUT2D eigenvalue weighted by Crippen LogP contribution is 2.33. The number of anilines is 1. The molecule has 0 aliphatic carbocycles. The Labute approximate surface area is 125 Å². The zero-order valence-corrected chi connectivity index (χ0v) is 11.4. The van der Waals surface area contributed by atoms with Crippen LogP contribution in [0.4, 0.5) is 18.9 Å². The summed E-state index contributed by atoms with van der Waals surface area (Å²) in [4.78, 5) is 5.10. The lowest BCUT2D eigenvalue weighted by Gasteiger charge is -2.25. The summed E-state index contributed by atoms with van der Waals surface area (Å²) in [6.07, 6.45) is 3.39. The first-order valence-corrected chi connectivity index (χ1v) is 6.09. The molecular formula is C15H11F3N4. The monoisotopic (exact) mass is 304 g/mol. The van der Waals surface area contributed by atoms with E-state index in [4.69, 9.17) is 5.26 Å². The fraction of sp³-hybridized carbons (Fsp3) is 0.0667. The molecule has 0 fully saturated rings. The van der Waals surface area contributed by atoms with E-state index < -0.39 is 17.4 Å². The molecule has 1 aliphatic rings. The molecule has 0 atom stereocenters. The number of aromatic nitrogens is 1. The summed E-state index contributed by atoms with van der Waals surface area (Å²) in [5.74, 6) is 0.310. The smallest absolute Gasteiger partial charge is 0.341 e. The van der Waals surface area contributed by atoms with E-state index >= 15 is 0 Å². The lowest BCUT2D eigenvalue weighted by Crippen LogP contribution is -2.21. The average molecular weight is 304 g/mol. The van der Waals surface area contributed by atoms with Crippen LogP contribution in [0.2, 0.25) is 0 Å². The van der Waals surface area contributed by atoms with Gasteiger partial charge in [-0.15, -0.1) is 0 Å². The molecule has 1 aliphatic heterocycles. The molecule has 112 valence electrons. The number of hydrogen-bond acceptors (Lipinski definition) is 4. The minimum absolute atomic E-state index is 0.0760. The van der Waals surface area contributed by atoms with Gasteiger partial charge >= 0.3 is 6.18 Å². The normalized spacial score (nSPS) is 13.9. The fourth-order valence-corrected chi connectivity index (χ4v) is 1.81. The molecule has 0 bridgehead atoms. The lowest BCUT2D eigenvalue weighted by molar-refractivity contribution is -0.138. The number of pyridine rings is 1. The summed E-state index contributed by atoms with van der Waals surface area (Å²) in [6, 6.07) is 2.25. The van der Waals surface area contributed by atoms with Gasteiger partial charge in [-0.05, 0) is 18.2 Å². The molecule has 1 aromatic heterocycles. The number of nitrogens with zero attached hydrogens (tertiary/aromatic N) is 3. The molecule has 4 nitrogen and oxygen atoms in total. The van der Waals surface area contributed by atoms with E-state index in [-0.39, 0.29) is 5.69 Å². The van der Waals surface area contributed by atoms with Gasteiger partial charge in [0.2, 0.25) is 0 Å². The van der Waals surface area contributed by atoms with E-state index in [0.717, 1.165) is 12.3 Å². The van der Waals surface area contributed by atoms with Crippen LogP contribution in [0.1, 0.15) is 11.3 Å². The van der Waals surface area contributed by atoms with Crippen molar-refractivity contribution in [2.75, 3.05) is 5.32 Å². The van der Waals surface area contributed by atoms with Crippen molar-refractivity contribution >= 4 is 5.69 Å². The highest BCUT2D eigenvalue weighted by molar-refractivity contribution is 5.52. The van der Waals surface area contributed by atoms with Gasteiger partial charge in [0.25, 0.3) is 0 Å². The number of halogens is 3. The molecule has 1 aromatic rings. The maximum Gasteiger partial charge on any atom is 0.419 e. The van der Waals surface area contributed by atoms with Crippen LogP contribution >= 0.6 is 0 Å². The molecule has 7 heteroatoms. The van der Waals surface area contributed by atoms with Crippen molar-refractivity contribution < 1.29 is 13.2 Å². The number of nitrogens with one attached hydrogen (secondary N) is 1. The van der Waals surface area contributed by atoms with E-state index in [1.807, 2.05) is 0 Å². The van der Waals surface area contributed by atoms with Crippen LogP contribution in [0, 0.1) is 11.3 Å². The zero-order chi connectivity index (χ0) is 16.3. The SMILES string of the molecule is C=C1C=CC=CN1C(=C)Nc1cnc(C#N)c(C(F)(F)F)c1. The molecule has 2 rings (SSSR count). The maximum absolute atomic E-state index is 12.9. The Morgan fingerprint density at radius 2 is 2.09 bits per heavy atom. The molecule has 0 radical (unpaired) electrons. The number of allylic oxidation sites excluding steroid dienone is 3. The first-order chi connectivity index (χ1) is 10.3. The van der Waals surface area contributed by atoms with Crippen molar-refractivity contribution in [1.82, 2.24) is 9.88 Å². The summed E-state index contributed by atoms with van der Waals surface area (Å²) < 4.78 is 38.7. The molecule has 1 N–H and O–H groups in total. The van der Waals surface area contributed by atoms with Crippen LogP contribution in [-0.2, 0) is 6.18 Å². The van der Waals surface area contributed by atoms with Crippen molar-refractivity contribution in [3.05, 3.63) is 72.6 Å². The van der Waals surface area contributed by atoms with E-state index in [1.165, 1.54) is 6.07 Å². The first kappa shape index (κ1) is 15.4. The number of alkyl halides is 3. The second kappa shape index (κ2) is 5.77. The maximum atomic E-state index is 12.9. The Kier molecular flexibility index (Phi) is 4.04. The molecule has 22 heavy (non-hydrogen) atoms. The largest absolute Gasteiger partial charge is 0.419 e. The third-order valence-electron chi connectivity index (χ3n) is 2.82. The fourth-order valence-electron chi connectivity index (χ4n) is 1.81. The van der Waals surface area contributed by atoms with Crippen LogP contribution < -0.4 is 5.32 Å². The Bertz CT molecular complexity index is 723. The number of hydrogen-bond donors (Lipinski definition) is 1. The van der Waals surface area contributed by atoms with Gasteiger partial charge in [-0.25, -0.2) is 4.98 Å². The molecular weight excluding hydrogens is 293 g/mol. The van der Waals surface area contributed by atoms with E-state index in [0.29, 0.717) is 11.5 Å². The standard InChI is InChI=1S/C15H11F3N4/c1-10-5-3-4-6-22(10)11(2)21-12-7-13(15(16,17)18)14(8-19)20-9-12/h3-7,9,21H,1-2H2. The van der Waals surface area contributed by atoms with Crippen molar-refractivity contribution in [3.63, 3.8) is 0 Å². The topological polar surface area (TPSA) is 52.0 Å². The summed E-state index contributed by atoms with van der Waals surface area (Å²) in [7, 11) is 0. The Morgan fingerprint density at radius 3 is 2.68 bits per heavy atom. The van der Waals surface area contributed by atoms with Gasteiger partial charge in [-0.3, -0.25) is 0 Å². The summed E-state index contributed by atoms with van der Waals surface area (Å²) in [5.41, 5.74) is -1.08. The van der Waals surface area contributed by atoms with Gasteiger partial charge in [0.15, 0.2) is 5.69 Å². The summed E-state index contributed by atoms with van der Waals surface area (Å²) in [5, 5.41) is 11.4. The molecule has 2 heterocycles. The van der Waals surface area contributed by atoms with Crippen molar-refractivity contribution in [3.8, 4) is 6.07 Å². The molecule has 0 saturated heterocycles.